The van der Waals surface area contributed by atoms with Gasteiger partial charge in [0.1, 0.15) is 5.82 Å². The van der Waals surface area contributed by atoms with Crippen molar-refractivity contribution in [1.29, 1.82) is 0 Å². The molecule has 0 bridgehead atoms. The lowest BCUT2D eigenvalue weighted by atomic mass is 9.88. The first-order valence-electron chi connectivity index (χ1n) is 10.1. The fourth-order valence-corrected chi connectivity index (χ4v) is 4.24. The number of methoxy groups -OCH3 is 2. The molecular weight excluding hydrogens is 449 g/mol. The van der Waals surface area contributed by atoms with Gasteiger partial charge >= 0.3 is 0 Å². The lowest BCUT2D eigenvalue weighted by Crippen LogP contribution is -2.41. The van der Waals surface area contributed by atoms with Crippen molar-refractivity contribution in [1.82, 2.24) is 0 Å². The minimum atomic E-state index is -2.11. The molecular formula is C25H21ClFNO5. The molecule has 0 unspecified atom stereocenters. The summed E-state index contributed by atoms with van der Waals surface area (Å²) in [6, 6.07) is 15.4. The van der Waals surface area contributed by atoms with Crippen molar-refractivity contribution in [3.8, 4) is 11.5 Å². The minimum absolute atomic E-state index is 0.123. The number of ether oxygens (including phenoxy) is 2. The number of fused-ring (bicyclic) bond motifs is 1. The van der Waals surface area contributed by atoms with E-state index in [1.54, 1.807) is 30.3 Å². The number of carbonyl (C=O) groups excluding carboxylic acids is 2. The molecule has 8 heteroatoms. The fraction of sp³-hybridized carbons (Fsp3) is 0.200. The molecule has 1 heterocycles. The number of halogens is 2. The van der Waals surface area contributed by atoms with Gasteiger partial charge in [0.2, 0.25) is 0 Å². The molecule has 0 saturated heterocycles. The zero-order chi connectivity index (χ0) is 23.8. The second kappa shape index (κ2) is 8.84. The number of benzene rings is 3. The average Bonchev–Trinajstić information content (AvgIpc) is 3.02. The van der Waals surface area contributed by atoms with E-state index in [2.05, 4.69) is 0 Å². The summed E-state index contributed by atoms with van der Waals surface area (Å²) in [5, 5.41) is 11.6. The molecule has 1 aliphatic rings. The van der Waals surface area contributed by atoms with Crippen LogP contribution >= 0.6 is 11.6 Å². The van der Waals surface area contributed by atoms with Crippen LogP contribution in [-0.4, -0.2) is 31.0 Å². The van der Waals surface area contributed by atoms with Crippen LogP contribution in [0, 0.1) is 5.82 Å². The molecule has 4 rings (SSSR count). The number of anilines is 1. The Kier molecular flexibility index (Phi) is 6.10. The highest BCUT2D eigenvalue weighted by molar-refractivity contribution is 6.31. The van der Waals surface area contributed by atoms with Gasteiger partial charge in [0.15, 0.2) is 22.9 Å². The molecule has 1 aliphatic heterocycles. The molecule has 6 nitrogen and oxygen atoms in total. The Bertz CT molecular complexity index is 1230. The van der Waals surface area contributed by atoms with Gasteiger partial charge in [-0.3, -0.25) is 9.59 Å². The second-order valence-corrected chi connectivity index (χ2v) is 8.05. The summed E-state index contributed by atoms with van der Waals surface area (Å²) >= 11 is 6.15. The van der Waals surface area contributed by atoms with Crippen LogP contribution in [0.3, 0.4) is 0 Å². The molecule has 33 heavy (non-hydrogen) atoms. The monoisotopic (exact) mass is 469 g/mol. The Hall–Kier alpha value is -3.42. The molecule has 1 N–H and O–H groups in total. The van der Waals surface area contributed by atoms with E-state index < -0.39 is 29.5 Å². The summed E-state index contributed by atoms with van der Waals surface area (Å²) in [4.78, 5) is 27.8. The highest BCUT2D eigenvalue weighted by Crippen LogP contribution is 2.44. The number of carbonyl (C=O) groups is 2. The number of Topliss-reactive ketones (excluding diaryl/α,β-unsaturated/α-hetero) is 1. The van der Waals surface area contributed by atoms with Gasteiger partial charge in [-0.25, -0.2) is 4.39 Å². The van der Waals surface area contributed by atoms with E-state index >= 15 is 0 Å². The van der Waals surface area contributed by atoms with E-state index in [0.29, 0.717) is 17.2 Å². The van der Waals surface area contributed by atoms with Gasteiger partial charge in [-0.15, -0.1) is 0 Å². The quantitative estimate of drug-likeness (QED) is 0.515. The SMILES string of the molecule is COc1ccc(C(=O)C[C@]2(O)C(=O)N(Cc3c(F)cccc3Cl)c3ccccc32)cc1OC. The van der Waals surface area contributed by atoms with Crippen LogP contribution in [0.15, 0.2) is 60.7 Å². The molecule has 1 amide bonds. The largest absolute Gasteiger partial charge is 0.493 e. The maximum absolute atomic E-state index is 14.4. The van der Waals surface area contributed by atoms with Crippen molar-refractivity contribution in [3.05, 3.63) is 88.2 Å². The van der Waals surface area contributed by atoms with Crippen molar-refractivity contribution < 1.29 is 28.6 Å². The maximum Gasteiger partial charge on any atom is 0.264 e. The molecule has 1 atom stereocenters. The Morgan fingerprint density at radius 1 is 1.06 bits per heavy atom. The molecule has 0 spiro atoms. The second-order valence-electron chi connectivity index (χ2n) is 7.64. The van der Waals surface area contributed by atoms with Gasteiger partial charge in [-0.1, -0.05) is 35.9 Å². The van der Waals surface area contributed by atoms with E-state index in [1.807, 2.05) is 0 Å². The Labute approximate surface area is 195 Å². The lowest BCUT2D eigenvalue weighted by Gasteiger charge is -2.23. The van der Waals surface area contributed by atoms with Gasteiger partial charge in [0, 0.05) is 21.7 Å². The van der Waals surface area contributed by atoms with Crippen molar-refractivity contribution in [2.24, 2.45) is 0 Å². The molecule has 170 valence electrons. The van der Waals surface area contributed by atoms with Gasteiger partial charge in [0.25, 0.3) is 5.91 Å². The summed E-state index contributed by atoms with van der Waals surface area (Å²) in [5.74, 6) is -0.957. The normalized spacial score (nSPS) is 17.1. The molecule has 0 aliphatic carbocycles. The van der Waals surface area contributed by atoms with E-state index in [9.17, 15) is 19.1 Å². The zero-order valence-corrected chi connectivity index (χ0v) is 18.7. The third kappa shape index (κ3) is 3.94. The summed E-state index contributed by atoms with van der Waals surface area (Å²) in [7, 11) is 2.93. The van der Waals surface area contributed by atoms with E-state index in [4.69, 9.17) is 21.1 Å². The number of hydrogen-bond donors (Lipinski definition) is 1. The van der Waals surface area contributed by atoms with Crippen molar-refractivity contribution in [3.63, 3.8) is 0 Å². The maximum atomic E-state index is 14.4. The number of para-hydroxylation sites is 1. The number of rotatable bonds is 7. The first kappa shape index (κ1) is 22.8. The van der Waals surface area contributed by atoms with Crippen LogP contribution in [-0.2, 0) is 16.9 Å². The Morgan fingerprint density at radius 3 is 2.48 bits per heavy atom. The first-order chi connectivity index (χ1) is 15.8. The standard InChI is InChI=1S/C25H21ClFNO5/c1-32-22-11-10-15(12-23(22)33-2)21(29)13-25(31)17-6-3-4-9-20(17)28(24(25)30)14-16-18(26)7-5-8-19(16)27/h3-12,31H,13-14H2,1-2H3/t25-/m1/s1. The topological polar surface area (TPSA) is 76.1 Å². The highest BCUT2D eigenvalue weighted by atomic mass is 35.5. The molecule has 0 radical (unpaired) electrons. The number of nitrogens with zero attached hydrogens (tertiary/aromatic N) is 1. The van der Waals surface area contributed by atoms with Crippen LogP contribution in [0.5, 0.6) is 11.5 Å². The predicted octanol–water partition coefficient (Wildman–Crippen LogP) is 4.50. The smallest absolute Gasteiger partial charge is 0.264 e. The summed E-state index contributed by atoms with van der Waals surface area (Å²) in [5.41, 5.74) is -1.07. The van der Waals surface area contributed by atoms with Gasteiger partial charge in [-0.05, 0) is 36.4 Å². The molecule has 3 aromatic carbocycles. The van der Waals surface area contributed by atoms with Gasteiger partial charge in [-0.2, -0.15) is 0 Å². The van der Waals surface area contributed by atoms with Gasteiger partial charge < -0.3 is 19.5 Å². The van der Waals surface area contributed by atoms with Crippen LogP contribution in [0.25, 0.3) is 0 Å². The van der Waals surface area contributed by atoms with Crippen LogP contribution in [0.2, 0.25) is 5.02 Å². The Balaban J connectivity index is 1.69. The summed E-state index contributed by atoms with van der Waals surface area (Å²) in [6.07, 6.45) is -0.500. The van der Waals surface area contributed by atoms with Crippen LogP contribution < -0.4 is 14.4 Å². The molecule has 0 fully saturated rings. The van der Waals surface area contributed by atoms with Gasteiger partial charge in [0.05, 0.1) is 32.9 Å². The Morgan fingerprint density at radius 2 is 1.79 bits per heavy atom. The van der Waals surface area contributed by atoms with Crippen LogP contribution in [0.4, 0.5) is 10.1 Å². The lowest BCUT2D eigenvalue weighted by molar-refractivity contribution is -0.136. The number of amides is 1. The van der Waals surface area contributed by atoms with Crippen molar-refractivity contribution in [2.75, 3.05) is 19.1 Å². The minimum Gasteiger partial charge on any atom is -0.493 e. The first-order valence-corrected chi connectivity index (χ1v) is 10.5. The van der Waals surface area contributed by atoms with E-state index in [0.717, 1.165) is 0 Å². The third-order valence-corrected chi connectivity index (χ3v) is 6.09. The molecule has 0 aromatic heterocycles. The van der Waals surface area contributed by atoms with Crippen molar-refractivity contribution >= 4 is 29.0 Å². The third-order valence-electron chi connectivity index (χ3n) is 5.74. The average molecular weight is 470 g/mol. The van der Waals surface area contributed by atoms with E-state index in [1.165, 1.54) is 49.5 Å². The van der Waals surface area contributed by atoms with Crippen molar-refractivity contribution in [2.45, 2.75) is 18.6 Å². The highest BCUT2D eigenvalue weighted by Gasteiger charge is 2.51. The summed E-state index contributed by atoms with van der Waals surface area (Å²) < 4.78 is 24.8. The molecule has 3 aromatic rings. The predicted molar refractivity (Wildman–Crippen MR) is 121 cm³/mol. The van der Waals surface area contributed by atoms with E-state index in [-0.39, 0.29) is 28.3 Å². The fourth-order valence-electron chi connectivity index (χ4n) is 4.02. The number of ketones is 1. The summed E-state index contributed by atoms with van der Waals surface area (Å²) in [6.45, 7) is -0.186. The number of aliphatic hydroxyl groups is 1. The molecule has 0 saturated carbocycles. The number of hydrogen-bond acceptors (Lipinski definition) is 5. The van der Waals surface area contributed by atoms with Crippen LogP contribution in [0.1, 0.15) is 27.9 Å². The zero-order valence-electron chi connectivity index (χ0n) is 18.0.